The van der Waals surface area contributed by atoms with E-state index < -0.39 is 20.6 Å². The second-order valence-electron chi connectivity index (χ2n) is 2.53. The Balaban J connectivity index is 3.11. The summed E-state index contributed by atoms with van der Waals surface area (Å²) in [6.07, 6.45) is 0. The van der Waals surface area contributed by atoms with Gasteiger partial charge in [-0.2, -0.15) is 0 Å². The van der Waals surface area contributed by atoms with Gasteiger partial charge in [-0.3, -0.25) is 10.1 Å². The van der Waals surface area contributed by atoms with Gasteiger partial charge in [-0.25, -0.2) is 8.42 Å². The summed E-state index contributed by atoms with van der Waals surface area (Å²) in [7, 11) is -3.87. The summed E-state index contributed by atoms with van der Waals surface area (Å²) in [5, 5.41) is 10.3. The molecule has 0 spiro atoms. The third kappa shape index (κ3) is 2.68. The molecule has 0 saturated carbocycles. The SMILES string of the molecule is O=[N+]([O-])CS(=O)(=O)c1cccc(Cl)c1. The van der Waals surface area contributed by atoms with Crippen LogP contribution in [-0.4, -0.2) is 19.2 Å². The van der Waals surface area contributed by atoms with Gasteiger partial charge in [0.25, 0.3) is 0 Å². The predicted octanol–water partition coefficient (Wildman–Crippen LogP) is 1.35. The Bertz CT molecular complexity index is 457. The van der Waals surface area contributed by atoms with Crippen LogP contribution in [0, 0.1) is 10.1 Å². The lowest BCUT2D eigenvalue weighted by atomic mass is 10.4. The zero-order chi connectivity index (χ0) is 10.8. The zero-order valence-corrected chi connectivity index (χ0v) is 8.46. The van der Waals surface area contributed by atoms with Crippen molar-refractivity contribution in [2.45, 2.75) is 4.90 Å². The Morgan fingerprint density at radius 2 is 2.07 bits per heavy atom. The van der Waals surface area contributed by atoms with Crippen LogP contribution >= 0.6 is 11.6 Å². The first-order chi connectivity index (χ1) is 6.42. The standard InChI is InChI=1S/C7H6ClNO4S/c8-6-2-1-3-7(4-6)14(12,13)5-9(10)11/h1-4H,5H2. The minimum absolute atomic E-state index is 0.137. The van der Waals surface area contributed by atoms with Crippen LogP contribution in [0.2, 0.25) is 5.02 Å². The van der Waals surface area contributed by atoms with Crippen molar-refractivity contribution >= 4 is 21.4 Å². The lowest BCUT2D eigenvalue weighted by Crippen LogP contribution is -2.14. The van der Waals surface area contributed by atoms with Gasteiger partial charge in [-0.15, -0.1) is 0 Å². The minimum atomic E-state index is -3.87. The largest absolute Gasteiger partial charge is 0.305 e. The maximum Gasteiger partial charge on any atom is 0.305 e. The number of hydrogen-bond donors (Lipinski definition) is 0. The Kier molecular flexibility index (Phi) is 3.07. The molecule has 0 saturated heterocycles. The molecule has 0 radical (unpaired) electrons. The van der Waals surface area contributed by atoms with Crippen LogP contribution in [0.3, 0.4) is 0 Å². The van der Waals surface area contributed by atoms with Crippen molar-refractivity contribution in [1.29, 1.82) is 0 Å². The van der Waals surface area contributed by atoms with Crippen molar-refractivity contribution in [3.8, 4) is 0 Å². The Labute approximate surface area is 85.4 Å². The van der Waals surface area contributed by atoms with Crippen molar-refractivity contribution in [3.63, 3.8) is 0 Å². The fourth-order valence-corrected chi connectivity index (χ4v) is 2.15. The van der Waals surface area contributed by atoms with E-state index in [0.717, 1.165) is 0 Å². The highest BCUT2D eigenvalue weighted by molar-refractivity contribution is 7.91. The summed E-state index contributed by atoms with van der Waals surface area (Å²) < 4.78 is 22.6. The molecule has 0 bridgehead atoms. The van der Waals surface area contributed by atoms with E-state index in [1.165, 1.54) is 24.3 Å². The number of rotatable bonds is 3. The van der Waals surface area contributed by atoms with Gasteiger partial charge in [0.2, 0.25) is 9.84 Å². The van der Waals surface area contributed by atoms with Crippen molar-refractivity contribution < 1.29 is 13.3 Å². The van der Waals surface area contributed by atoms with Gasteiger partial charge in [0.1, 0.15) is 0 Å². The van der Waals surface area contributed by atoms with Crippen LogP contribution in [-0.2, 0) is 9.84 Å². The first-order valence-corrected chi connectivity index (χ1v) is 5.55. The van der Waals surface area contributed by atoms with E-state index in [1.807, 2.05) is 0 Å². The summed E-state index contributed by atoms with van der Waals surface area (Å²) >= 11 is 5.55. The van der Waals surface area contributed by atoms with Gasteiger partial charge in [0, 0.05) is 9.95 Å². The van der Waals surface area contributed by atoms with E-state index in [2.05, 4.69) is 0 Å². The molecule has 0 unspecified atom stereocenters. The molecular weight excluding hydrogens is 230 g/mol. The van der Waals surface area contributed by atoms with Crippen molar-refractivity contribution in [1.82, 2.24) is 0 Å². The highest BCUT2D eigenvalue weighted by atomic mass is 35.5. The summed E-state index contributed by atoms with van der Waals surface area (Å²) in [6.45, 7) is 0. The van der Waals surface area contributed by atoms with Crippen LogP contribution < -0.4 is 0 Å². The van der Waals surface area contributed by atoms with E-state index in [1.54, 1.807) is 0 Å². The molecule has 0 heterocycles. The van der Waals surface area contributed by atoms with Crippen LogP contribution in [0.5, 0.6) is 0 Å². The van der Waals surface area contributed by atoms with Crippen LogP contribution in [0.4, 0.5) is 0 Å². The second-order valence-corrected chi connectivity index (χ2v) is 4.93. The average Bonchev–Trinajstić information content (AvgIpc) is 2.01. The lowest BCUT2D eigenvalue weighted by molar-refractivity contribution is -0.458. The van der Waals surface area contributed by atoms with E-state index in [-0.39, 0.29) is 9.92 Å². The smallest absolute Gasteiger partial charge is 0.263 e. The average molecular weight is 236 g/mol. The number of nitrogens with zero attached hydrogens (tertiary/aromatic N) is 1. The molecule has 14 heavy (non-hydrogen) atoms. The maximum absolute atomic E-state index is 11.3. The zero-order valence-electron chi connectivity index (χ0n) is 6.88. The van der Waals surface area contributed by atoms with E-state index in [0.29, 0.717) is 0 Å². The third-order valence-corrected chi connectivity index (χ3v) is 3.19. The van der Waals surface area contributed by atoms with Gasteiger partial charge < -0.3 is 0 Å². The second kappa shape index (κ2) is 3.93. The molecule has 0 atom stereocenters. The number of benzene rings is 1. The molecular formula is C7H6ClNO4S. The summed E-state index contributed by atoms with van der Waals surface area (Å²) in [5.74, 6) is -1.12. The number of halogens is 1. The van der Waals surface area contributed by atoms with Crippen LogP contribution in [0.15, 0.2) is 29.2 Å². The van der Waals surface area contributed by atoms with Gasteiger partial charge in [0.15, 0.2) is 0 Å². The molecule has 1 aromatic rings. The molecule has 0 aliphatic rings. The Morgan fingerprint density at radius 3 is 2.57 bits per heavy atom. The number of hydrogen-bond acceptors (Lipinski definition) is 4. The molecule has 0 aliphatic carbocycles. The molecule has 1 aromatic carbocycles. The van der Waals surface area contributed by atoms with Crippen molar-refractivity contribution in [2.24, 2.45) is 0 Å². The summed E-state index contributed by atoms with van der Waals surface area (Å²) in [6, 6.07) is 5.37. The first kappa shape index (κ1) is 10.9. The fourth-order valence-electron chi connectivity index (χ4n) is 0.874. The molecule has 7 heteroatoms. The quantitative estimate of drug-likeness (QED) is 0.585. The summed E-state index contributed by atoms with van der Waals surface area (Å²) in [4.78, 5) is 9.04. The number of sulfone groups is 1. The molecule has 0 N–H and O–H groups in total. The molecule has 0 fully saturated rings. The highest BCUT2D eigenvalue weighted by Crippen LogP contribution is 2.16. The molecule has 0 aliphatic heterocycles. The molecule has 5 nitrogen and oxygen atoms in total. The maximum atomic E-state index is 11.3. The van der Waals surface area contributed by atoms with Crippen molar-refractivity contribution in [3.05, 3.63) is 39.4 Å². The van der Waals surface area contributed by atoms with E-state index in [4.69, 9.17) is 11.6 Å². The van der Waals surface area contributed by atoms with Gasteiger partial charge in [0.05, 0.1) is 4.90 Å². The van der Waals surface area contributed by atoms with Crippen molar-refractivity contribution in [2.75, 3.05) is 5.88 Å². The minimum Gasteiger partial charge on any atom is -0.263 e. The van der Waals surface area contributed by atoms with Crippen LogP contribution in [0.1, 0.15) is 0 Å². The summed E-state index contributed by atoms with van der Waals surface area (Å²) in [5.41, 5.74) is 0. The monoisotopic (exact) mass is 235 g/mol. The van der Waals surface area contributed by atoms with Gasteiger partial charge in [-0.1, -0.05) is 17.7 Å². The normalized spacial score (nSPS) is 11.2. The Hall–Kier alpha value is -1.14. The highest BCUT2D eigenvalue weighted by Gasteiger charge is 2.20. The van der Waals surface area contributed by atoms with Crippen LogP contribution in [0.25, 0.3) is 0 Å². The van der Waals surface area contributed by atoms with Gasteiger partial charge in [-0.05, 0) is 18.2 Å². The number of nitro groups is 1. The lowest BCUT2D eigenvalue weighted by Gasteiger charge is -1.99. The third-order valence-electron chi connectivity index (χ3n) is 1.43. The molecule has 76 valence electrons. The fraction of sp³-hybridized carbons (Fsp3) is 0.143. The van der Waals surface area contributed by atoms with Gasteiger partial charge >= 0.3 is 5.88 Å². The molecule has 1 rings (SSSR count). The molecule has 0 amide bonds. The topological polar surface area (TPSA) is 77.3 Å². The first-order valence-electron chi connectivity index (χ1n) is 3.52. The molecule has 0 aromatic heterocycles. The predicted molar refractivity (Wildman–Crippen MR) is 50.5 cm³/mol. The van der Waals surface area contributed by atoms with E-state index in [9.17, 15) is 18.5 Å². The Morgan fingerprint density at radius 1 is 1.43 bits per heavy atom. The van der Waals surface area contributed by atoms with E-state index >= 15 is 0 Å².